The number of amides is 1. The van der Waals surface area contributed by atoms with Crippen LogP contribution in [0.1, 0.15) is 117 Å². The summed E-state index contributed by atoms with van der Waals surface area (Å²) in [6, 6.07) is -1.55. The number of phosphoric ester groups is 1. The van der Waals surface area contributed by atoms with Crippen LogP contribution in [0.5, 0.6) is 0 Å². The number of unbranched alkanes of at least 4 members (excludes halogenated alkanes) is 9. The molecule has 3 unspecified atom stereocenters. The summed E-state index contributed by atoms with van der Waals surface area (Å²) in [7, 11) is -4.74. The quantitative estimate of drug-likeness (QED) is 0.0303. The Balaban J connectivity index is 4.08. The lowest BCUT2D eigenvalue weighted by Crippen LogP contribution is -2.43. The number of nitrogens with one attached hydrogen (secondary N) is 1. The number of carboxylic acid groups (broad SMARTS) is 1. The van der Waals surface area contributed by atoms with Crippen LogP contribution in [0.25, 0.3) is 0 Å². The Morgan fingerprint density at radius 3 is 1.98 bits per heavy atom. The highest BCUT2D eigenvalue weighted by Gasteiger charge is 2.28. The van der Waals surface area contributed by atoms with E-state index in [1.54, 1.807) is 0 Å². The second kappa shape index (κ2) is 28.2. The fraction of sp³-hybridized carbons (Fsp3) is 0.719. The van der Waals surface area contributed by atoms with Gasteiger partial charge in [-0.2, -0.15) is 0 Å². The van der Waals surface area contributed by atoms with Crippen molar-refractivity contribution in [3.05, 3.63) is 36.5 Å². The standard InChI is InChI=1S/C32H56NO10P/c1-3-5-7-9-10-11-12-13-14-15-16-17-18-20-21-23-30(35)33-29(32(37)38)27-43-44(39,40)42-26-28(34)25-41-31(36)24-22-19-8-6-4-2/h5,7,10-11,13-14,28-29,34H,3-4,6,8-9,12,15-27H2,1-2H3,(H,33,35)(H,37,38)(H,39,40)/b7-5-,11-10-,14-13-. The van der Waals surface area contributed by atoms with E-state index in [1.807, 2.05) is 0 Å². The Morgan fingerprint density at radius 2 is 1.32 bits per heavy atom. The molecule has 0 saturated heterocycles. The first-order valence-electron chi connectivity index (χ1n) is 16.0. The summed E-state index contributed by atoms with van der Waals surface area (Å²) in [6.45, 7) is 2.30. The highest BCUT2D eigenvalue weighted by molar-refractivity contribution is 7.47. The van der Waals surface area contributed by atoms with Crippen LogP contribution < -0.4 is 5.32 Å². The minimum Gasteiger partial charge on any atom is -0.480 e. The molecule has 254 valence electrons. The Morgan fingerprint density at radius 1 is 0.750 bits per heavy atom. The molecule has 0 aromatic heterocycles. The molecule has 0 aliphatic carbocycles. The molecule has 0 aromatic carbocycles. The van der Waals surface area contributed by atoms with Crippen LogP contribution in [0.4, 0.5) is 0 Å². The highest BCUT2D eigenvalue weighted by atomic mass is 31.2. The molecule has 0 aliphatic rings. The number of allylic oxidation sites excluding steroid dienone is 6. The number of aliphatic hydroxyl groups excluding tert-OH is 1. The van der Waals surface area contributed by atoms with E-state index in [2.05, 4.69) is 60.1 Å². The maximum atomic E-state index is 12.2. The lowest BCUT2D eigenvalue weighted by molar-refractivity contribution is -0.147. The van der Waals surface area contributed by atoms with Crippen molar-refractivity contribution in [1.82, 2.24) is 5.32 Å². The van der Waals surface area contributed by atoms with Crippen molar-refractivity contribution in [1.29, 1.82) is 0 Å². The van der Waals surface area contributed by atoms with E-state index in [-0.39, 0.29) is 12.8 Å². The topological polar surface area (TPSA) is 169 Å². The van der Waals surface area contributed by atoms with Gasteiger partial charge in [0.25, 0.3) is 0 Å². The Bertz CT molecular complexity index is 905. The number of esters is 1. The molecule has 0 fully saturated rings. The molecule has 44 heavy (non-hydrogen) atoms. The van der Waals surface area contributed by atoms with Gasteiger partial charge in [0.15, 0.2) is 6.04 Å². The maximum absolute atomic E-state index is 12.2. The van der Waals surface area contributed by atoms with E-state index in [1.165, 1.54) is 0 Å². The molecular weight excluding hydrogens is 589 g/mol. The van der Waals surface area contributed by atoms with Crippen LogP contribution in [0.2, 0.25) is 0 Å². The molecule has 4 N–H and O–H groups in total. The fourth-order valence-corrected chi connectivity index (χ4v) is 4.69. The summed E-state index contributed by atoms with van der Waals surface area (Å²) in [4.78, 5) is 45.2. The predicted octanol–water partition coefficient (Wildman–Crippen LogP) is 6.54. The number of hydrogen-bond donors (Lipinski definition) is 4. The second-order valence-electron chi connectivity index (χ2n) is 10.6. The van der Waals surface area contributed by atoms with Gasteiger partial charge in [0, 0.05) is 12.8 Å². The largest absolute Gasteiger partial charge is 0.480 e. The van der Waals surface area contributed by atoms with Crippen LogP contribution in [-0.4, -0.2) is 64.9 Å². The van der Waals surface area contributed by atoms with Crippen molar-refractivity contribution in [2.45, 2.75) is 129 Å². The first-order valence-corrected chi connectivity index (χ1v) is 17.5. The number of carbonyl (C=O) groups excluding carboxylic acids is 2. The molecule has 12 heteroatoms. The van der Waals surface area contributed by atoms with Gasteiger partial charge in [-0.05, 0) is 44.9 Å². The SMILES string of the molecule is CC/C=C\C/C=C\C/C=C\CCCCCCCC(=O)NC(COP(=O)(O)OCC(O)COC(=O)CCCCCCC)C(=O)O. The van der Waals surface area contributed by atoms with E-state index < -0.39 is 57.6 Å². The summed E-state index contributed by atoms with van der Waals surface area (Å²) in [5, 5.41) is 21.5. The number of aliphatic carboxylic acids is 1. The molecule has 0 rings (SSSR count). The molecule has 0 spiro atoms. The van der Waals surface area contributed by atoms with Gasteiger partial charge < -0.3 is 25.2 Å². The summed E-state index contributed by atoms with van der Waals surface area (Å²) in [5.74, 6) is -2.42. The lowest BCUT2D eigenvalue weighted by Gasteiger charge is -2.18. The fourth-order valence-electron chi connectivity index (χ4n) is 3.91. The third-order valence-electron chi connectivity index (χ3n) is 6.44. The Kier molecular flexibility index (Phi) is 26.7. The van der Waals surface area contributed by atoms with Crippen molar-refractivity contribution in [3.63, 3.8) is 0 Å². The highest BCUT2D eigenvalue weighted by Crippen LogP contribution is 2.43. The lowest BCUT2D eigenvalue weighted by atomic mass is 10.1. The number of carboxylic acids is 1. The van der Waals surface area contributed by atoms with Crippen LogP contribution in [0, 0.1) is 0 Å². The smallest absolute Gasteiger partial charge is 0.472 e. The van der Waals surface area contributed by atoms with Gasteiger partial charge in [-0.1, -0.05) is 95.2 Å². The molecule has 3 atom stereocenters. The van der Waals surface area contributed by atoms with Gasteiger partial charge in [0.1, 0.15) is 12.7 Å². The summed E-state index contributed by atoms with van der Waals surface area (Å²) < 4.78 is 26.4. The Hall–Kier alpha value is -2.30. The van der Waals surface area contributed by atoms with Gasteiger partial charge in [-0.15, -0.1) is 0 Å². The molecule has 0 aliphatic heterocycles. The van der Waals surface area contributed by atoms with E-state index in [9.17, 15) is 34.1 Å². The first kappa shape index (κ1) is 41.7. The van der Waals surface area contributed by atoms with E-state index in [0.717, 1.165) is 77.0 Å². The maximum Gasteiger partial charge on any atom is 0.472 e. The summed E-state index contributed by atoms with van der Waals surface area (Å²) >= 11 is 0. The van der Waals surface area contributed by atoms with Crippen molar-refractivity contribution in [2.75, 3.05) is 19.8 Å². The molecular formula is C32H56NO10P. The number of aliphatic hydroxyl groups is 1. The number of phosphoric acid groups is 1. The monoisotopic (exact) mass is 645 g/mol. The summed E-state index contributed by atoms with van der Waals surface area (Å²) in [6.07, 6.45) is 25.2. The van der Waals surface area contributed by atoms with Gasteiger partial charge >= 0.3 is 19.8 Å². The minimum atomic E-state index is -4.74. The van der Waals surface area contributed by atoms with E-state index in [0.29, 0.717) is 12.8 Å². The minimum absolute atomic E-state index is 0.125. The van der Waals surface area contributed by atoms with Crippen molar-refractivity contribution in [2.24, 2.45) is 0 Å². The zero-order valence-electron chi connectivity index (χ0n) is 26.7. The first-order chi connectivity index (χ1) is 21.1. The van der Waals surface area contributed by atoms with Gasteiger partial charge in [-0.3, -0.25) is 18.6 Å². The van der Waals surface area contributed by atoms with Gasteiger partial charge in [-0.25, -0.2) is 9.36 Å². The molecule has 0 bridgehead atoms. The normalized spacial score (nSPS) is 14.6. The molecule has 0 saturated carbocycles. The number of carbonyl (C=O) groups is 3. The third kappa shape index (κ3) is 27.3. The molecule has 0 aromatic rings. The third-order valence-corrected chi connectivity index (χ3v) is 7.39. The molecule has 0 heterocycles. The predicted molar refractivity (Wildman–Crippen MR) is 171 cm³/mol. The summed E-state index contributed by atoms with van der Waals surface area (Å²) in [5.41, 5.74) is 0. The Labute approximate surface area is 263 Å². The van der Waals surface area contributed by atoms with Crippen molar-refractivity contribution < 1.29 is 47.8 Å². The van der Waals surface area contributed by atoms with E-state index >= 15 is 0 Å². The molecule has 0 radical (unpaired) electrons. The van der Waals surface area contributed by atoms with Crippen LogP contribution in [0.3, 0.4) is 0 Å². The van der Waals surface area contributed by atoms with Gasteiger partial charge in [0.05, 0.1) is 13.2 Å². The molecule has 1 amide bonds. The van der Waals surface area contributed by atoms with Crippen molar-refractivity contribution >= 4 is 25.7 Å². The number of rotatable bonds is 29. The number of ether oxygens (including phenoxy) is 1. The van der Waals surface area contributed by atoms with Crippen LogP contribution in [0.15, 0.2) is 36.5 Å². The average molecular weight is 646 g/mol. The molecule has 11 nitrogen and oxygen atoms in total. The van der Waals surface area contributed by atoms with Crippen LogP contribution >= 0.6 is 7.82 Å². The number of hydrogen-bond acceptors (Lipinski definition) is 8. The van der Waals surface area contributed by atoms with Crippen molar-refractivity contribution in [3.8, 4) is 0 Å². The zero-order valence-corrected chi connectivity index (χ0v) is 27.6. The average Bonchev–Trinajstić information content (AvgIpc) is 2.98. The van der Waals surface area contributed by atoms with Crippen LogP contribution in [-0.2, 0) is 32.7 Å². The second-order valence-corrected chi connectivity index (χ2v) is 12.1. The zero-order chi connectivity index (χ0) is 32.9. The van der Waals surface area contributed by atoms with E-state index in [4.69, 9.17) is 9.26 Å². The van der Waals surface area contributed by atoms with Gasteiger partial charge in [0.2, 0.25) is 5.91 Å².